The van der Waals surface area contributed by atoms with Crippen LogP contribution in [0.1, 0.15) is 23.2 Å². The summed E-state index contributed by atoms with van der Waals surface area (Å²) in [6.07, 6.45) is 3.88. The number of nitrogens with one attached hydrogen (secondary N) is 1. The second kappa shape index (κ2) is 5.31. The normalized spacial score (nSPS) is 24.3. The van der Waals surface area contributed by atoms with E-state index in [0.29, 0.717) is 19.0 Å². The van der Waals surface area contributed by atoms with Crippen molar-refractivity contribution in [3.8, 4) is 11.4 Å². The van der Waals surface area contributed by atoms with Crippen molar-refractivity contribution < 1.29 is 9.47 Å². The van der Waals surface area contributed by atoms with E-state index in [1.165, 1.54) is 5.56 Å². The van der Waals surface area contributed by atoms with E-state index in [2.05, 4.69) is 22.6 Å². The van der Waals surface area contributed by atoms with E-state index in [1.54, 1.807) is 7.11 Å². The zero-order chi connectivity index (χ0) is 17.0. The van der Waals surface area contributed by atoms with Crippen LogP contribution in [0.3, 0.4) is 0 Å². The van der Waals surface area contributed by atoms with E-state index < -0.39 is 0 Å². The van der Waals surface area contributed by atoms with Crippen LogP contribution in [0.5, 0.6) is 5.75 Å². The first-order valence-electron chi connectivity index (χ1n) is 8.65. The summed E-state index contributed by atoms with van der Waals surface area (Å²) in [6, 6.07) is 4.08. The van der Waals surface area contributed by atoms with Gasteiger partial charge in [-0.2, -0.15) is 5.10 Å². The molecular formula is C18H21N5O2. The molecule has 7 heteroatoms. The zero-order valence-corrected chi connectivity index (χ0v) is 14.2. The molecule has 1 saturated heterocycles. The topological polar surface area (TPSA) is 86.7 Å². The van der Waals surface area contributed by atoms with Crippen molar-refractivity contribution in [2.75, 3.05) is 26.9 Å². The third-order valence-electron chi connectivity index (χ3n) is 5.54. The van der Waals surface area contributed by atoms with Gasteiger partial charge >= 0.3 is 0 Å². The van der Waals surface area contributed by atoms with E-state index in [9.17, 15) is 0 Å². The smallest absolute Gasteiger partial charge is 0.144 e. The lowest BCUT2D eigenvalue weighted by molar-refractivity contribution is 0.188. The highest BCUT2D eigenvalue weighted by molar-refractivity contribution is 6.00. The minimum atomic E-state index is -0.297. The Labute approximate surface area is 145 Å². The van der Waals surface area contributed by atoms with E-state index in [0.717, 1.165) is 54.3 Å². The fraction of sp³-hybridized carbons (Fsp3) is 0.444. The fourth-order valence-electron chi connectivity index (χ4n) is 4.09. The van der Waals surface area contributed by atoms with Crippen LogP contribution in [0.2, 0.25) is 0 Å². The number of rotatable bonds is 2. The molecule has 3 aliphatic heterocycles. The van der Waals surface area contributed by atoms with Crippen molar-refractivity contribution in [1.29, 1.82) is 0 Å². The monoisotopic (exact) mass is 339 g/mol. The predicted octanol–water partition coefficient (Wildman–Crippen LogP) is 1.19. The lowest BCUT2D eigenvalue weighted by Gasteiger charge is -2.23. The number of methoxy groups -OCH3 is 1. The maximum Gasteiger partial charge on any atom is 0.144 e. The van der Waals surface area contributed by atoms with Gasteiger partial charge in [0.1, 0.15) is 17.3 Å². The number of ether oxygens (including phenoxy) is 2. The minimum Gasteiger partial charge on any atom is -0.494 e. The van der Waals surface area contributed by atoms with Crippen molar-refractivity contribution in [2.24, 2.45) is 10.7 Å². The van der Waals surface area contributed by atoms with Gasteiger partial charge in [-0.05, 0) is 24.1 Å². The van der Waals surface area contributed by atoms with Gasteiger partial charge in [0, 0.05) is 37.9 Å². The predicted molar refractivity (Wildman–Crippen MR) is 93.9 cm³/mol. The highest BCUT2D eigenvalue weighted by Gasteiger charge is 2.46. The Morgan fingerprint density at radius 1 is 1.40 bits per heavy atom. The van der Waals surface area contributed by atoms with Crippen molar-refractivity contribution in [1.82, 2.24) is 15.1 Å². The van der Waals surface area contributed by atoms with Crippen LogP contribution in [-0.4, -0.2) is 42.5 Å². The molecule has 7 nitrogen and oxygen atoms in total. The molecule has 2 aromatic rings. The van der Waals surface area contributed by atoms with Gasteiger partial charge in [-0.3, -0.25) is 0 Å². The molecule has 0 amide bonds. The summed E-state index contributed by atoms with van der Waals surface area (Å²) in [5.74, 6) is 1.42. The number of amidine groups is 1. The number of nitrogens with two attached hydrogens (primary N) is 1. The molecule has 1 spiro atoms. The second-order valence-corrected chi connectivity index (χ2v) is 6.90. The van der Waals surface area contributed by atoms with Gasteiger partial charge in [0.15, 0.2) is 0 Å². The molecule has 1 aromatic carbocycles. The standard InChI is InChI=1S/C18H21N5O2/c1-24-16-6-12-14(21-17(19)18(12)3-5-25-10-18)7-15(16)23-9-11-8-20-4-2-13(11)22-23/h6-7,9,20H,2-5,8,10H2,1H3,(H2,19,21). The van der Waals surface area contributed by atoms with Gasteiger partial charge < -0.3 is 20.5 Å². The minimum absolute atomic E-state index is 0.297. The molecule has 0 radical (unpaired) electrons. The average Bonchev–Trinajstić information content (AvgIpc) is 3.34. The summed E-state index contributed by atoms with van der Waals surface area (Å²) in [5.41, 5.74) is 11.2. The van der Waals surface area contributed by atoms with Crippen LogP contribution in [0.4, 0.5) is 5.69 Å². The molecule has 5 rings (SSSR count). The largest absolute Gasteiger partial charge is 0.494 e. The molecule has 1 fully saturated rings. The number of fused-ring (bicyclic) bond motifs is 3. The molecular weight excluding hydrogens is 318 g/mol. The van der Waals surface area contributed by atoms with Crippen LogP contribution in [0.15, 0.2) is 23.3 Å². The van der Waals surface area contributed by atoms with Gasteiger partial charge in [-0.1, -0.05) is 0 Å². The average molecular weight is 339 g/mol. The third kappa shape index (κ3) is 2.06. The molecule has 1 unspecified atom stereocenters. The summed E-state index contributed by atoms with van der Waals surface area (Å²) in [6.45, 7) is 3.11. The van der Waals surface area contributed by atoms with Crippen molar-refractivity contribution in [3.63, 3.8) is 0 Å². The Balaban J connectivity index is 1.65. The molecule has 3 N–H and O–H groups in total. The summed E-state index contributed by atoms with van der Waals surface area (Å²) < 4.78 is 13.2. The Kier molecular flexibility index (Phi) is 3.17. The highest BCUT2D eigenvalue weighted by atomic mass is 16.5. The van der Waals surface area contributed by atoms with E-state index in [4.69, 9.17) is 20.3 Å². The first-order chi connectivity index (χ1) is 12.2. The number of nitrogens with zero attached hydrogens (tertiary/aromatic N) is 3. The second-order valence-electron chi connectivity index (χ2n) is 6.90. The first kappa shape index (κ1) is 14.9. The van der Waals surface area contributed by atoms with Gasteiger partial charge in [-0.25, -0.2) is 9.67 Å². The SMILES string of the molecule is COc1cc2c(cc1-n1cc3c(n1)CCNC3)N=C(N)C21CCOC1. The van der Waals surface area contributed by atoms with Crippen LogP contribution >= 0.6 is 0 Å². The summed E-state index contributed by atoms with van der Waals surface area (Å²) in [7, 11) is 1.69. The van der Waals surface area contributed by atoms with Crippen molar-refractivity contribution in [2.45, 2.75) is 24.8 Å². The van der Waals surface area contributed by atoms with Crippen LogP contribution < -0.4 is 15.8 Å². The van der Waals surface area contributed by atoms with Crippen molar-refractivity contribution in [3.05, 3.63) is 35.2 Å². The number of aliphatic imine (C=N–C) groups is 1. The van der Waals surface area contributed by atoms with Crippen LogP contribution in [-0.2, 0) is 23.1 Å². The maximum absolute atomic E-state index is 6.28. The summed E-state index contributed by atoms with van der Waals surface area (Å²) in [5, 5.41) is 8.13. The molecule has 0 bridgehead atoms. The Morgan fingerprint density at radius 2 is 2.32 bits per heavy atom. The molecule has 0 aliphatic carbocycles. The Morgan fingerprint density at radius 3 is 3.08 bits per heavy atom. The van der Waals surface area contributed by atoms with Gasteiger partial charge in [0.25, 0.3) is 0 Å². The van der Waals surface area contributed by atoms with Crippen LogP contribution in [0, 0.1) is 0 Å². The Bertz CT molecular complexity index is 856. The van der Waals surface area contributed by atoms with Gasteiger partial charge in [0.2, 0.25) is 0 Å². The van der Waals surface area contributed by atoms with Crippen LogP contribution in [0.25, 0.3) is 5.69 Å². The zero-order valence-electron chi connectivity index (χ0n) is 14.2. The third-order valence-corrected chi connectivity index (χ3v) is 5.54. The maximum atomic E-state index is 6.28. The Hall–Kier alpha value is -2.38. The molecule has 25 heavy (non-hydrogen) atoms. The molecule has 130 valence electrons. The number of benzene rings is 1. The number of hydrogen-bond acceptors (Lipinski definition) is 6. The quantitative estimate of drug-likeness (QED) is 0.858. The summed E-state index contributed by atoms with van der Waals surface area (Å²) in [4.78, 5) is 4.64. The molecule has 0 saturated carbocycles. The van der Waals surface area contributed by atoms with Gasteiger partial charge in [0.05, 0.1) is 30.5 Å². The number of hydrogen-bond donors (Lipinski definition) is 2. The highest BCUT2D eigenvalue weighted by Crippen LogP contribution is 2.47. The van der Waals surface area contributed by atoms with Gasteiger partial charge in [-0.15, -0.1) is 0 Å². The first-order valence-corrected chi connectivity index (χ1v) is 8.65. The summed E-state index contributed by atoms with van der Waals surface area (Å²) >= 11 is 0. The van der Waals surface area contributed by atoms with E-state index in [1.807, 2.05) is 10.7 Å². The molecule has 4 heterocycles. The fourth-order valence-corrected chi connectivity index (χ4v) is 4.09. The van der Waals surface area contributed by atoms with Crippen molar-refractivity contribution >= 4 is 11.5 Å². The molecule has 1 atom stereocenters. The van der Waals surface area contributed by atoms with E-state index in [-0.39, 0.29) is 5.41 Å². The lowest BCUT2D eigenvalue weighted by Crippen LogP contribution is -2.39. The molecule has 3 aliphatic rings. The lowest BCUT2D eigenvalue weighted by atomic mass is 9.80. The van der Waals surface area contributed by atoms with E-state index >= 15 is 0 Å². The molecule has 1 aromatic heterocycles. The number of aromatic nitrogens is 2.